The Morgan fingerprint density at radius 1 is 1.18 bits per heavy atom. The van der Waals surface area contributed by atoms with Crippen LogP contribution in [0.25, 0.3) is 0 Å². The summed E-state index contributed by atoms with van der Waals surface area (Å²) >= 11 is 7.41. The van der Waals surface area contributed by atoms with E-state index in [1.807, 2.05) is 12.1 Å². The minimum Gasteiger partial charge on any atom is -0.353 e. The average Bonchev–Trinajstić information content (AvgIpc) is 2.64. The van der Waals surface area contributed by atoms with Gasteiger partial charge in [0.25, 0.3) is 0 Å². The van der Waals surface area contributed by atoms with E-state index in [-0.39, 0.29) is 12.1 Å². The predicted molar refractivity (Wildman–Crippen MR) is 113 cm³/mol. The fourth-order valence-corrected chi connectivity index (χ4v) is 4.75. The van der Waals surface area contributed by atoms with Gasteiger partial charge in [-0.1, -0.05) is 18.5 Å². The van der Waals surface area contributed by atoms with E-state index in [2.05, 4.69) is 5.32 Å². The van der Waals surface area contributed by atoms with Gasteiger partial charge >= 0.3 is 0 Å². The van der Waals surface area contributed by atoms with Gasteiger partial charge in [-0.05, 0) is 55.0 Å². The molecule has 2 aromatic rings. The fourth-order valence-electron chi connectivity index (χ4n) is 2.64. The molecule has 0 heterocycles. The summed E-state index contributed by atoms with van der Waals surface area (Å²) in [6, 6.07) is 11.5. The van der Waals surface area contributed by atoms with Crippen LogP contribution in [0.4, 0.5) is 10.1 Å². The van der Waals surface area contributed by atoms with Gasteiger partial charge in [-0.3, -0.25) is 9.10 Å². The molecule has 0 fully saturated rings. The van der Waals surface area contributed by atoms with E-state index in [0.717, 1.165) is 15.5 Å². The van der Waals surface area contributed by atoms with Crippen LogP contribution in [0.15, 0.2) is 53.4 Å². The standard InChI is InChI=1S/C19H22ClFN2O3S2/c1-3-18(23(28(2,25)26)16-8-6-15(21)7-9-16)19(24)22-12-13-27-17-10-4-14(20)5-11-17/h4-11,18H,3,12-13H2,1-2H3,(H,22,24)/t18-/m0/s1. The summed E-state index contributed by atoms with van der Waals surface area (Å²) in [7, 11) is -3.73. The number of hydrogen-bond acceptors (Lipinski definition) is 4. The van der Waals surface area contributed by atoms with E-state index in [4.69, 9.17) is 11.6 Å². The molecule has 28 heavy (non-hydrogen) atoms. The molecule has 1 atom stereocenters. The molecule has 0 radical (unpaired) electrons. The monoisotopic (exact) mass is 444 g/mol. The van der Waals surface area contributed by atoms with E-state index >= 15 is 0 Å². The smallest absolute Gasteiger partial charge is 0.243 e. The molecule has 1 amide bonds. The minimum absolute atomic E-state index is 0.251. The molecule has 0 saturated heterocycles. The molecule has 0 saturated carbocycles. The number of nitrogens with zero attached hydrogens (tertiary/aromatic N) is 1. The molecule has 0 aliphatic rings. The quantitative estimate of drug-likeness (QED) is 0.470. The highest BCUT2D eigenvalue weighted by Gasteiger charge is 2.31. The van der Waals surface area contributed by atoms with Crippen LogP contribution in [0, 0.1) is 5.82 Å². The van der Waals surface area contributed by atoms with Crippen LogP contribution in [0.5, 0.6) is 0 Å². The van der Waals surface area contributed by atoms with E-state index in [0.29, 0.717) is 17.3 Å². The third-order valence-corrected chi connectivity index (χ3v) is 6.34. The van der Waals surface area contributed by atoms with Gasteiger partial charge in [0.1, 0.15) is 11.9 Å². The number of anilines is 1. The van der Waals surface area contributed by atoms with Crippen molar-refractivity contribution >= 4 is 45.0 Å². The van der Waals surface area contributed by atoms with Crippen LogP contribution in [0.2, 0.25) is 5.02 Å². The molecule has 2 rings (SSSR count). The molecule has 2 aromatic carbocycles. The van der Waals surface area contributed by atoms with Crippen molar-refractivity contribution in [1.29, 1.82) is 0 Å². The summed E-state index contributed by atoms with van der Waals surface area (Å²) < 4.78 is 38.8. The Labute approximate surface area is 174 Å². The van der Waals surface area contributed by atoms with Crippen molar-refractivity contribution in [2.45, 2.75) is 24.3 Å². The number of halogens is 2. The Morgan fingerprint density at radius 3 is 2.32 bits per heavy atom. The highest BCUT2D eigenvalue weighted by Crippen LogP contribution is 2.23. The zero-order valence-electron chi connectivity index (χ0n) is 15.6. The SMILES string of the molecule is CC[C@@H](C(=O)NCCSc1ccc(Cl)cc1)N(c1ccc(F)cc1)S(C)(=O)=O. The largest absolute Gasteiger partial charge is 0.353 e. The van der Waals surface area contributed by atoms with Crippen molar-refractivity contribution in [3.8, 4) is 0 Å². The lowest BCUT2D eigenvalue weighted by atomic mass is 10.2. The number of amides is 1. The lowest BCUT2D eigenvalue weighted by molar-refractivity contribution is -0.122. The van der Waals surface area contributed by atoms with Crippen molar-refractivity contribution in [1.82, 2.24) is 5.32 Å². The average molecular weight is 445 g/mol. The molecular formula is C19H22ClFN2O3S2. The van der Waals surface area contributed by atoms with Gasteiger partial charge in [0.15, 0.2) is 0 Å². The second-order valence-electron chi connectivity index (χ2n) is 6.05. The van der Waals surface area contributed by atoms with Crippen LogP contribution in [-0.2, 0) is 14.8 Å². The van der Waals surface area contributed by atoms with Gasteiger partial charge in [0, 0.05) is 22.2 Å². The molecule has 0 aliphatic heterocycles. The Bertz CT molecular complexity index is 890. The van der Waals surface area contributed by atoms with Crippen molar-refractivity contribution < 1.29 is 17.6 Å². The molecule has 9 heteroatoms. The number of thioether (sulfide) groups is 1. The summed E-state index contributed by atoms with van der Waals surface area (Å²) in [5.74, 6) is -0.248. The third kappa shape index (κ3) is 6.39. The number of rotatable bonds is 9. The number of benzene rings is 2. The summed E-state index contributed by atoms with van der Waals surface area (Å²) in [5, 5.41) is 3.44. The number of sulfonamides is 1. The maximum Gasteiger partial charge on any atom is 0.243 e. The first-order chi connectivity index (χ1) is 13.2. The van der Waals surface area contributed by atoms with Crippen LogP contribution in [0.1, 0.15) is 13.3 Å². The molecule has 1 N–H and O–H groups in total. The topological polar surface area (TPSA) is 66.5 Å². The molecular weight excluding hydrogens is 423 g/mol. The summed E-state index contributed by atoms with van der Waals surface area (Å²) in [4.78, 5) is 13.7. The first-order valence-electron chi connectivity index (χ1n) is 8.63. The first-order valence-corrected chi connectivity index (χ1v) is 11.8. The highest BCUT2D eigenvalue weighted by atomic mass is 35.5. The molecule has 0 bridgehead atoms. The molecule has 152 valence electrons. The van der Waals surface area contributed by atoms with Gasteiger partial charge in [0.2, 0.25) is 15.9 Å². The van der Waals surface area contributed by atoms with Crippen molar-refractivity contribution in [2.24, 2.45) is 0 Å². The second kappa shape index (κ2) is 10.1. The fraction of sp³-hybridized carbons (Fsp3) is 0.316. The zero-order chi connectivity index (χ0) is 20.7. The van der Waals surface area contributed by atoms with Crippen LogP contribution in [-0.4, -0.2) is 38.9 Å². The lowest BCUT2D eigenvalue weighted by Gasteiger charge is -2.30. The molecule has 5 nitrogen and oxygen atoms in total. The molecule has 0 unspecified atom stereocenters. The summed E-state index contributed by atoms with van der Waals surface area (Å²) in [6.45, 7) is 2.11. The predicted octanol–water partition coefficient (Wildman–Crippen LogP) is 3.93. The lowest BCUT2D eigenvalue weighted by Crippen LogP contribution is -2.49. The zero-order valence-corrected chi connectivity index (χ0v) is 18.0. The second-order valence-corrected chi connectivity index (χ2v) is 9.52. The Hall–Kier alpha value is -1.77. The molecule has 0 aliphatic carbocycles. The number of carbonyl (C=O) groups excluding carboxylic acids is 1. The van der Waals surface area contributed by atoms with E-state index < -0.39 is 27.8 Å². The maximum atomic E-state index is 13.2. The number of nitrogens with one attached hydrogen (secondary N) is 1. The molecule has 0 aromatic heterocycles. The van der Waals surface area contributed by atoms with Crippen molar-refractivity contribution in [2.75, 3.05) is 22.9 Å². The van der Waals surface area contributed by atoms with Gasteiger partial charge in [-0.15, -0.1) is 11.8 Å². The van der Waals surface area contributed by atoms with E-state index in [9.17, 15) is 17.6 Å². The highest BCUT2D eigenvalue weighted by molar-refractivity contribution is 7.99. The maximum absolute atomic E-state index is 13.2. The van der Waals surface area contributed by atoms with Crippen molar-refractivity contribution in [3.05, 3.63) is 59.4 Å². The van der Waals surface area contributed by atoms with Crippen LogP contribution >= 0.6 is 23.4 Å². The number of hydrogen-bond donors (Lipinski definition) is 1. The Morgan fingerprint density at radius 2 is 1.79 bits per heavy atom. The minimum atomic E-state index is -3.73. The van der Waals surface area contributed by atoms with Gasteiger partial charge in [0.05, 0.1) is 11.9 Å². The Balaban J connectivity index is 2.02. The van der Waals surface area contributed by atoms with Crippen LogP contribution in [0.3, 0.4) is 0 Å². The van der Waals surface area contributed by atoms with Gasteiger partial charge < -0.3 is 5.32 Å². The van der Waals surface area contributed by atoms with Gasteiger partial charge in [-0.2, -0.15) is 0 Å². The summed E-state index contributed by atoms with van der Waals surface area (Å²) in [5.41, 5.74) is 0.251. The van der Waals surface area contributed by atoms with Crippen LogP contribution < -0.4 is 9.62 Å². The van der Waals surface area contributed by atoms with E-state index in [1.54, 1.807) is 30.8 Å². The van der Waals surface area contributed by atoms with E-state index in [1.165, 1.54) is 24.3 Å². The summed E-state index contributed by atoms with van der Waals surface area (Å²) in [6.07, 6.45) is 1.31. The molecule has 0 spiro atoms. The van der Waals surface area contributed by atoms with Crippen molar-refractivity contribution in [3.63, 3.8) is 0 Å². The first kappa shape index (κ1) is 22.5. The Kier molecular flexibility index (Phi) is 8.15. The number of carbonyl (C=O) groups is 1. The van der Waals surface area contributed by atoms with Gasteiger partial charge in [-0.25, -0.2) is 12.8 Å². The normalized spacial score (nSPS) is 12.4. The third-order valence-electron chi connectivity index (χ3n) is 3.89.